The molecule has 1 heterocycles. The standard InChI is InChI=1S/C15H19BrN4/c1-20(13-6-3-2-4-7-13)9-5-8-18-15-14(16)10-12(17)11-19-15/h2-4,6-7,10-11H,5,8-9,17H2,1H3,(H,18,19). The van der Waals surface area contributed by atoms with Gasteiger partial charge in [-0.15, -0.1) is 0 Å². The third-order valence-corrected chi connectivity index (χ3v) is 3.63. The molecular formula is C15H19BrN4. The molecule has 1 aromatic heterocycles. The Morgan fingerprint density at radius 3 is 2.75 bits per heavy atom. The maximum Gasteiger partial charge on any atom is 0.140 e. The number of rotatable bonds is 6. The van der Waals surface area contributed by atoms with E-state index in [1.165, 1.54) is 5.69 Å². The van der Waals surface area contributed by atoms with Crippen LogP contribution in [0.4, 0.5) is 17.2 Å². The highest BCUT2D eigenvalue weighted by Crippen LogP contribution is 2.21. The van der Waals surface area contributed by atoms with E-state index in [0.717, 1.165) is 29.8 Å². The second kappa shape index (κ2) is 7.14. The van der Waals surface area contributed by atoms with Crippen molar-refractivity contribution in [3.8, 4) is 0 Å². The molecule has 0 aliphatic carbocycles. The molecule has 0 amide bonds. The van der Waals surface area contributed by atoms with Crippen LogP contribution in [-0.2, 0) is 0 Å². The van der Waals surface area contributed by atoms with Crippen molar-refractivity contribution in [2.75, 3.05) is 36.1 Å². The Balaban J connectivity index is 1.76. The Morgan fingerprint density at radius 2 is 2.05 bits per heavy atom. The van der Waals surface area contributed by atoms with Gasteiger partial charge in [-0.2, -0.15) is 0 Å². The summed E-state index contributed by atoms with van der Waals surface area (Å²) >= 11 is 3.45. The third-order valence-electron chi connectivity index (χ3n) is 3.02. The Morgan fingerprint density at radius 1 is 1.30 bits per heavy atom. The molecule has 2 rings (SSSR count). The minimum absolute atomic E-state index is 0.659. The van der Waals surface area contributed by atoms with Crippen LogP contribution in [0.5, 0.6) is 0 Å². The van der Waals surface area contributed by atoms with Crippen molar-refractivity contribution in [2.24, 2.45) is 0 Å². The zero-order valence-corrected chi connectivity index (χ0v) is 13.1. The molecule has 0 aliphatic rings. The first kappa shape index (κ1) is 14.7. The highest BCUT2D eigenvalue weighted by molar-refractivity contribution is 9.10. The van der Waals surface area contributed by atoms with Gasteiger partial charge in [-0.25, -0.2) is 4.98 Å². The molecule has 0 spiro atoms. The van der Waals surface area contributed by atoms with E-state index in [4.69, 9.17) is 5.73 Å². The number of hydrogen-bond donors (Lipinski definition) is 2. The lowest BCUT2D eigenvalue weighted by Crippen LogP contribution is -2.20. The summed E-state index contributed by atoms with van der Waals surface area (Å²) in [6.07, 6.45) is 2.69. The van der Waals surface area contributed by atoms with Crippen LogP contribution in [0, 0.1) is 0 Å². The molecule has 0 fully saturated rings. The minimum atomic E-state index is 0.659. The average Bonchev–Trinajstić information content (AvgIpc) is 2.46. The molecule has 20 heavy (non-hydrogen) atoms. The van der Waals surface area contributed by atoms with Gasteiger partial charge in [0.05, 0.1) is 16.4 Å². The fourth-order valence-corrected chi connectivity index (χ4v) is 2.42. The van der Waals surface area contributed by atoms with Crippen molar-refractivity contribution >= 4 is 33.1 Å². The summed E-state index contributed by atoms with van der Waals surface area (Å²) in [7, 11) is 2.10. The molecule has 0 saturated carbocycles. The number of nitrogen functional groups attached to an aromatic ring is 1. The van der Waals surface area contributed by atoms with Gasteiger partial charge in [-0.3, -0.25) is 0 Å². The molecule has 4 nitrogen and oxygen atoms in total. The fraction of sp³-hybridized carbons (Fsp3) is 0.267. The van der Waals surface area contributed by atoms with Crippen LogP contribution in [0.2, 0.25) is 0 Å². The minimum Gasteiger partial charge on any atom is -0.397 e. The third kappa shape index (κ3) is 4.13. The predicted octanol–water partition coefficient (Wildman–Crippen LogP) is 3.36. The van der Waals surface area contributed by atoms with Gasteiger partial charge in [-0.1, -0.05) is 18.2 Å². The first-order valence-electron chi connectivity index (χ1n) is 6.58. The van der Waals surface area contributed by atoms with Crippen LogP contribution < -0.4 is 16.0 Å². The number of nitrogens with two attached hydrogens (primary N) is 1. The van der Waals surface area contributed by atoms with Gasteiger partial charge in [0.25, 0.3) is 0 Å². The zero-order valence-electron chi connectivity index (χ0n) is 11.5. The summed E-state index contributed by atoms with van der Waals surface area (Å²) < 4.78 is 0.897. The van der Waals surface area contributed by atoms with Crippen LogP contribution in [0.15, 0.2) is 47.1 Å². The maximum absolute atomic E-state index is 5.66. The van der Waals surface area contributed by atoms with Gasteiger partial charge in [0.15, 0.2) is 0 Å². The van der Waals surface area contributed by atoms with E-state index in [9.17, 15) is 0 Å². The lowest BCUT2D eigenvalue weighted by Gasteiger charge is -2.19. The summed E-state index contributed by atoms with van der Waals surface area (Å²) in [6, 6.07) is 12.2. The summed E-state index contributed by atoms with van der Waals surface area (Å²) in [4.78, 5) is 6.50. The van der Waals surface area contributed by atoms with Gasteiger partial charge in [0.1, 0.15) is 5.82 Å². The van der Waals surface area contributed by atoms with Gasteiger partial charge < -0.3 is 16.0 Å². The predicted molar refractivity (Wildman–Crippen MR) is 89.2 cm³/mol. The number of para-hydroxylation sites is 1. The van der Waals surface area contributed by atoms with Crippen molar-refractivity contribution in [1.29, 1.82) is 0 Å². The lowest BCUT2D eigenvalue weighted by atomic mass is 10.3. The van der Waals surface area contributed by atoms with E-state index in [1.54, 1.807) is 6.20 Å². The van der Waals surface area contributed by atoms with Gasteiger partial charge in [0.2, 0.25) is 0 Å². The Labute approximate surface area is 128 Å². The quantitative estimate of drug-likeness (QED) is 0.795. The van der Waals surface area contributed by atoms with Gasteiger partial charge in [0, 0.05) is 25.8 Å². The van der Waals surface area contributed by atoms with E-state index in [0.29, 0.717) is 5.69 Å². The molecule has 0 atom stereocenters. The van der Waals surface area contributed by atoms with E-state index in [-0.39, 0.29) is 0 Å². The SMILES string of the molecule is CN(CCCNc1ncc(N)cc1Br)c1ccccc1. The second-order valence-electron chi connectivity index (χ2n) is 4.64. The van der Waals surface area contributed by atoms with E-state index in [2.05, 4.69) is 62.4 Å². The number of anilines is 3. The molecule has 0 unspecified atom stereocenters. The van der Waals surface area contributed by atoms with Crippen molar-refractivity contribution in [1.82, 2.24) is 4.98 Å². The molecule has 1 aromatic carbocycles. The molecule has 0 radical (unpaired) electrons. The Bertz CT molecular complexity index is 545. The number of pyridine rings is 1. The molecule has 3 N–H and O–H groups in total. The summed E-state index contributed by atoms with van der Waals surface area (Å²) in [5.74, 6) is 0.835. The van der Waals surface area contributed by atoms with E-state index in [1.807, 2.05) is 12.1 Å². The molecule has 2 aromatic rings. The Hall–Kier alpha value is -1.75. The zero-order chi connectivity index (χ0) is 14.4. The Kier molecular flexibility index (Phi) is 5.24. The normalized spacial score (nSPS) is 10.3. The second-order valence-corrected chi connectivity index (χ2v) is 5.49. The molecule has 106 valence electrons. The van der Waals surface area contributed by atoms with Crippen LogP contribution in [0.3, 0.4) is 0 Å². The maximum atomic E-state index is 5.66. The first-order valence-corrected chi connectivity index (χ1v) is 7.37. The smallest absolute Gasteiger partial charge is 0.140 e. The number of aromatic nitrogens is 1. The number of hydrogen-bond acceptors (Lipinski definition) is 4. The van der Waals surface area contributed by atoms with Crippen LogP contribution in [0.1, 0.15) is 6.42 Å². The summed E-state index contributed by atoms with van der Waals surface area (Å²) in [6.45, 7) is 1.86. The number of halogens is 1. The summed E-state index contributed by atoms with van der Waals surface area (Å²) in [5, 5.41) is 3.31. The molecule has 5 heteroatoms. The van der Waals surface area contributed by atoms with Crippen molar-refractivity contribution in [3.05, 3.63) is 47.1 Å². The van der Waals surface area contributed by atoms with E-state index >= 15 is 0 Å². The van der Waals surface area contributed by atoms with Gasteiger partial charge >= 0.3 is 0 Å². The van der Waals surface area contributed by atoms with Crippen LogP contribution in [0.25, 0.3) is 0 Å². The topological polar surface area (TPSA) is 54.2 Å². The average molecular weight is 335 g/mol. The van der Waals surface area contributed by atoms with Crippen molar-refractivity contribution in [2.45, 2.75) is 6.42 Å². The molecule has 0 saturated heterocycles. The lowest BCUT2D eigenvalue weighted by molar-refractivity contribution is 0.814. The summed E-state index contributed by atoms with van der Waals surface area (Å²) in [5.41, 5.74) is 7.55. The van der Waals surface area contributed by atoms with Crippen LogP contribution in [-0.4, -0.2) is 25.1 Å². The number of benzene rings is 1. The largest absolute Gasteiger partial charge is 0.397 e. The number of nitrogens with one attached hydrogen (secondary N) is 1. The van der Waals surface area contributed by atoms with Crippen LogP contribution >= 0.6 is 15.9 Å². The van der Waals surface area contributed by atoms with E-state index < -0.39 is 0 Å². The molecular weight excluding hydrogens is 316 g/mol. The number of nitrogens with zero attached hydrogens (tertiary/aromatic N) is 2. The fourth-order valence-electron chi connectivity index (χ4n) is 1.92. The monoisotopic (exact) mass is 334 g/mol. The molecule has 0 bridgehead atoms. The van der Waals surface area contributed by atoms with Gasteiger partial charge in [-0.05, 0) is 40.5 Å². The van der Waals surface area contributed by atoms with Crippen molar-refractivity contribution < 1.29 is 0 Å². The van der Waals surface area contributed by atoms with Crippen molar-refractivity contribution in [3.63, 3.8) is 0 Å². The highest BCUT2D eigenvalue weighted by Gasteiger charge is 2.02. The highest BCUT2D eigenvalue weighted by atomic mass is 79.9. The first-order chi connectivity index (χ1) is 9.66. The molecule has 0 aliphatic heterocycles.